The van der Waals surface area contributed by atoms with Crippen LogP contribution in [0.1, 0.15) is 64.2 Å². The Morgan fingerprint density at radius 3 is 1.22 bits per heavy atom. The molecule has 0 spiro atoms. The van der Waals surface area contributed by atoms with Gasteiger partial charge in [-0.3, -0.25) is 0 Å². The monoisotopic (exact) mass is 248 g/mol. The first-order chi connectivity index (χ1) is 8.79. The van der Waals surface area contributed by atoms with Crippen molar-refractivity contribution >= 4 is 12.2 Å². The Kier molecular flexibility index (Phi) is 4.11. The quantitative estimate of drug-likeness (QED) is 0.569. The molecule has 2 aliphatic carbocycles. The van der Waals surface area contributed by atoms with Crippen molar-refractivity contribution < 1.29 is 9.59 Å². The Morgan fingerprint density at radius 2 is 0.944 bits per heavy atom. The van der Waals surface area contributed by atoms with E-state index < -0.39 is 11.1 Å². The highest BCUT2D eigenvalue weighted by atomic mass is 16.1. The molecule has 2 saturated carbocycles. The zero-order valence-corrected chi connectivity index (χ0v) is 10.8. The largest absolute Gasteiger partial charge is 0.235 e. The highest BCUT2D eigenvalue weighted by Crippen LogP contribution is 2.49. The van der Waals surface area contributed by atoms with Gasteiger partial charge >= 0.3 is 0 Å². The lowest BCUT2D eigenvalue weighted by Gasteiger charge is -2.47. The van der Waals surface area contributed by atoms with Crippen LogP contribution < -0.4 is 0 Å². The Hall–Kier alpha value is -1.24. The first-order valence-corrected chi connectivity index (χ1v) is 6.97. The Labute approximate surface area is 108 Å². The molecule has 2 rings (SSSR count). The smallest absolute Gasteiger partial charge is 0.211 e. The van der Waals surface area contributed by atoms with Gasteiger partial charge in [0.05, 0.1) is 11.1 Å². The summed E-state index contributed by atoms with van der Waals surface area (Å²) in [6.07, 6.45) is 13.5. The maximum absolute atomic E-state index is 10.8. The van der Waals surface area contributed by atoms with Gasteiger partial charge in [-0.15, -0.1) is 0 Å². The Bertz CT molecular complexity index is 343. The Balaban J connectivity index is 2.41. The van der Waals surface area contributed by atoms with E-state index in [9.17, 15) is 9.59 Å². The van der Waals surface area contributed by atoms with E-state index in [0.717, 1.165) is 51.4 Å². The van der Waals surface area contributed by atoms with Gasteiger partial charge < -0.3 is 0 Å². The molecular weight excluding hydrogens is 228 g/mol. The van der Waals surface area contributed by atoms with Crippen molar-refractivity contribution in [1.82, 2.24) is 0 Å². The number of carbonyl (C=O) groups excluding carboxylic acids is 2. The molecular formula is C14H20N2O2. The maximum Gasteiger partial charge on any atom is 0.235 e. The molecule has 0 atom stereocenters. The summed E-state index contributed by atoms with van der Waals surface area (Å²) in [6, 6.07) is 0. The fourth-order valence-corrected chi connectivity index (χ4v) is 3.81. The molecule has 4 heteroatoms. The normalized spacial score (nSPS) is 25.6. The summed E-state index contributed by atoms with van der Waals surface area (Å²) in [7, 11) is 0. The van der Waals surface area contributed by atoms with Crippen molar-refractivity contribution in [3.05, 3.63) is 0 Å². The van der Waals surface area contributed by atoms with Crippen LogP contribution >= 0.6 is 0 Å². The number of nitrogens with zero attached hydrogens (tertiary/aromatic N) is 2. The fraction of sp³-hybridized carbons (Fsp3) is 0.857. The molecule has 0 amide bonds. The summed E-state index contributed by atoms with van der Waals surface area (Å²) in [5, 5.41) is 0. The topological polar surface area (TPSA) is 58.9 Å². The van der Waals surface area contributed by atoms with Crippen molar-refractivity contribution in [2.75, 3.05) is 0 Å². The number of aliphatic imine (C=N–C) groups is 2. The van der Waals surface area contributed by atoms with E-state index in [1.807, 2.05) is 0 Å². The summed E-state index contributed by atoms with van der Waals surface area (Å²) in [5.41, 5.74) is -0.963. The minimum absolute atomic E-state index is 0.481. The van der Waals surface area contributed by atoms with Gasteiger partial charge in [-0.1, -0.05) is 38.5 Å². The van der Waals surface area contributed by atoms with Crippen LogP contribution in [0.25, 0.3) is 0 Å². The third-order valence-electron chi connectivity index (χ3n) is 4.75. The van der Waals surface area contributed by atoms with Crippen molar-refractivity contribution in [1.29, 1.82) is 0 Å². The van der Waals surface area contributed by atoms with Crippen LogP contribution in [-0.4, -0.2) is 23.2 Å². The van der Waals surface area contributed by atoms with E-state index in [-0.39, 0.29) is 0 Å². The average Bonchev–Trinajstić information content (AvgIpc) is 2.41. The second kappa shape index (κ2) is 5.60. The average molecular weight is 248 g/mol. The first kappa shape index (κ1) is 13.2. The van der Waals surface area contributed by atoms with Crippen LogP contribution in [0.15, 0.2) is 9.98 Å². The molecule has 0 aliphatic heterocycles. The summed E-state index contributed by atoms with van der Waals surface area (Å²) in [5.74, 6) is 0. The zero-order chi connectivity index (χ0) is 12.9. The SMILES string of the molecule is O=C=NC1(C2(N=C=O)CCCCC2)CCCCC1. The van der Waals surface area contributed by atoms with Gasteiger partial charge in [0.15, 0.2) is 0 Å². The van der Waals surface area contributed by atoms with E-state index in [1.54, 1.807) is 12.2 Å². The number of isocyanates is 2. The third kappa shape index (κ3) is 2.19. The van der Waals surface area contributed by atoms with Crippen molar-refractivity contribution in [2.45, 2.75) is 75.3 Å². The molecule has 0 aromatic rings. The molecule has 2 fully saturated rings. The number of hydrogen-bond donors (Lipinski definition) is 0. The molecule has 2 aliphatic rings. The molecule has 0 heterocycles. The van der Waals surface area contributed by atoms with E-state index >= 15 is 0 Å². The molecule has 0 aromatic carbocycles. The third-order valence-corrected chi connectivity index (χ3v) is 4.75. The highest BCUT2D eigenvalue weighted by molar-refractivity contribution is 5.40. The molecule has 0 bridgehead atoms. The maximum atomic E-state index is 10.8. The van der Waals surface area contributed by atoms with Crippen molar-refractivity contribution in [3.63, 3.8) is 0 Å². The molecule has 4 nitrogen and oxygen atoms in total. The number of rotatable bonds is 3. The van der Waals surface area contributed by atoms with Gasteiger partial charge in [-0.2, -0.15) is 9.98 Å². The molecule has 0 N–H and O–H groups in total. The van der Waals surface area contributed by atoms with Crippen LogP contribution in [-0.2, 0) is 9.59 Å². The van der Waals surface area contributed by atoms with Gasteiger partial charge in [-0.25, -0.2) is 9.59 Å². The van der Waals surface area contributed by atoms with Gasteiger partial charge in [0, 0.05) is 0 Å². The molecule has 18 heavy (non-hydrogen) atoms. The summed E-state index contributed by atoms with van der Waals surface area (Å²) >= 11 is 0. The predicted molar refractivity (Wildman–Crippen MR) is 67.9 cm³/mol. The molecule has 0 radical (unpaired) electrons. The van der Waals surface area contributed by atoms with Crippen molar-refractivity contribution in [3.8, 4) is 0 Å². The lowest BCUT2D eigenvalue weighted by atomic mass is 9.62. The van der Waals surface area contributed by atoms with Crippen LogP contribution in [0.4, 0.5) is 0 Å². The van der Waals surface area contributed by atoms with E-state index in [0.29, 0.717) is 0 Å². The molecule has 98 valence electrons. The van der Waals surface area contributed by atoms with E-state index in [4.69, 9.17) is 0 Å². The van der Waals surface area contributed by atoms with E-state index in [2.05, 4.69) is 9.98 Å². The fourth-order valence-electron chi connectivity index (χ4n) is 3.81. The van der Waals surface area contributed by atoms with Gasteiger partial charge in [0.1, 0.15) is 0 Å². The minimum Gasteiger partial charge on any atom is -0.211 e. The van der Waals surface area contributed by atoms with Crippen LogP contribution in [0.5, 0.6) is 0 Å². The van der Waals surface area contributed by atoms with Crippen LogP contribution in [0, 0.1) is 0 Å². The minimum atomic E-state index is -0.481. The van der Waals surface area contributed by atoms with Crippen molar-refractivity contribution in [2.24, 2.45) is 9.98 Å². The summed E-state index contributed by atoms with van der Waals surface area (Å²) < 4.78 is 0. The number of hydrogen-bond acceptors (Lipinski definition) is 4. The van der Waals surface area contributed by atoms with E-state index in [1.165, 1.54) is 12.8 Å². The van der Waals surface area contributed by atoms with Gasteiger partial charge in [0.2, 0.25) is 12.2 Å². The Morgan fingerprint density at radius 1 is 0.611 bits per heavy atom. The molecule has 0 saturated heterocycles. The standard InChI is InChI=1S/C14H20N2O2/c17-11-15-13(7-3-1-4-8-13)14(16-12-18)9-5-2-6-10-14/h1-10H2. The second-order valence-electron chi connectivity index (χ2n) is 5.59. The van der Waals surface area contributed by atoms with Gasteiger partial charge in [-0.05, 0) is 25.7 Å². The lowest BCUT2D eigenvalue weighted by Crippen LogP contribution is -2.53. The molecule has 0 aromatic heterocycles. The summed E-state index contributed by atoms with van der Waals surface area (Å²) in [6.45, 7) is 0. The predicted octanol–water partition coefficient (Wildman–Crippen LogP) is 3.06. The van der Waals surface area contributed by atoms with Crippen LogP contribution in [0.3, 0.4) is 0 Å². The van der Waals surface area contributed by atoms with Crippen LogP contribution in [0.2, 0.25) is 0 Å². The summed E-state index contributed by atoms with van der Waals surface area (Å²) in [4.78, 5) is 30.0. The highest BCUT2D eigenvalue weighted by Gasteiger charge is 2.52. The molecule has 0 unspecified atom stereocenters. The second-order valence-corrected chi connectivity index (χ2v) is 5.59. The lowest BCUT2D eigenvalue weighted by molar-refractivity contribution is 0.122. The zero-order valence-electron chi connectivity index (χ0n) is 10.8. The van der Waals surface area contributed by atoms with Gasteiger partial charge in [0.25, 0.3) is 0 Å². The first-order valence-electron chi connectivity index (χ1n) is 6.97.